The highest BCUT2D eigenvalue weighted by Crippen LogP contribution is 2.40. The molecule has 6 nitrogen and oxygen atoms in total. The number of hydrogen-bond donors (Lipinski definition) is 0. The van der Waals surface area contributed by atoms with E-state index >= 15 is 0 Å². The van der Waals surface area contributed by atoms with Crippen molar-refractivity contribution in [3.63, 3.8) is 0 Å². The second-order valence-corrected chi connectivity index (χ2v) is 8.09. The van der Waals surface area contributed by atoms with E-state index in [-0.39, 0.29) is 0 Å². The standard InChI is InChI=1S/C21H18ClN5OS/c1-13-11-19(27-9-6-17(25-27)21-23-7-10-29-21)15-5-8-26(20(15)24-13)18-4-3-14(28-2)12-16(18)22/h3-4,6-7,9-12H,5,8H2,1-2H3. The highest BCUT2D eigenvalue weighted by molar-refractivity contribution is 7.13. The first-order valence-electron chi connectivity index (χ1n) is 9.21. The average Bonchev–Trinajstić information content (AvgIpc) is 3.47. The summed E-state index contributed by atoms with van der Waals surface area (Å²) >= 11 is 8.12. The van der Waals surface area contributed by atoms with Gasteiger partial charge in [0.25, 0.3) is 0 Å². The molecule has 5 rings (SSSR count). The largest absolute Gasteiger partial charge is 0.497 e. The van der Waals surface area contributed by atoms with Crippen LogP contribution < -0.4 is 9.64 Å². The van der Waals surface area contributed by atoms with Gasteiger partial charge in [-0.3, -0.25) is 0 Å². The molecule has 0 spiro atoms. The van der Waals surface area contributed by atoms with E-state index in [4.69, 9.17) is 26.4 Å². The minimum Gasteiger partial charge on any atom is -0.497 e. The van der Waals surface area contributed by atoms with E-state index < -0.39 is 0 Å². The number of aryl methyl sites for hydroxylation is 1. The lowest BCUT2D eigenvalue weighted by Crippen LogP contribution is -2.15. The zero-order valence-corrected chi connectivity index (χ0v) is 17.5. The van der Waals surface area contributed by atoms with Gasteiger partial charge < -0.3 is 9.64 Å². The van der Waals surface area contributed by atoms with Crippen molar-refractivity contribution >= 4 is 34.4 Å². The highest BCUT2D eigenvalue weighted by atomic mass is 35.5. The lowest BCUT2D eigenvalue weighted by atomic mass is 10.1. The van der Waals surface area contributed by atoms with Gasteiger partial charge in [-0.1, -0.05) is 11.6 Å². The van der Waals surface area contributed by atoms with Crippen LogP contribution in [0.4, 0.5) is 11.5 Å². The minimum absolute atomic E-state index is 0.646. The molecule has 1 aliphatic rings. The lowest BCUT2D eigenvalue weighted by molar-refractivity contribution is 0.415. The van der Waals surface area contributed by atoms with Crippen LogP contribution in [0.1, 0.15) is 11.3 Å². The minimum atomic E-state index is 0.646. The van der Waals surface area contributed by atoms with Crippen molar-refractivity contribution in [2.75, 3.05) is 18.6 Å². The second kappa shape index (κ2) is 7.17. The molecule has 146 valence electrons. The molecule has 0 saturated heterocycles. The number of pyridine rings is 1. The van der Waals surface area contributed by atoms with E-state index in [1.54, 1.807) is 24.6 Å². The molecule has 1 aliphatic heterocycles. The van der Waals surface area contributed by atoms with Crippen LogP contribution in [0.25, 0.3) is 16.4 Å². The summed E-state index contributed by atoms with van der Waals surface area (Å²) in [5, 5.41) is 8.27. The maximum atomic E-state index is 6.54. The van der Waals surface area contributed by atoms with Crippen molar-refractivity contribution in [2.24, 2.45) is 0 Å². The predicted molar refractivity (Wildman–Crippen MR) is 116 cm³/mol. The monoisotopic (exact) mass is 423 g/mol. The van der Waals surface area contributed by atoms with Crippen LogP contribution >= 0.6 is 22.9 Å². The van der Waals surface area contributed by atoms with Crippen LogP contribution in [0.3, 0.4) is 0 Å². The molecule has 0 bridgehead atoms. The molecule has 0 saturated carbocycles. The number of nitrogens with zero attached hydrogens (tertiary/aromatic N) is 5. The summed E-state index contributed by atoms with van der Waals surface area (Å²) in [7, 11) is 1.64. The van der Waals surface area contributed by atoms with Gasteiger partial charge >= 0.3 is 0 Å². The number of halogens is 1. The summed E-state index contributed by atoms with van der Waals surface area (Å²) in [5.41, 5.74) is 4.94. The lowest BCUT2D eigenvalue weighted by Gasteiger charge is -2.21. The SMILES string of the molecule is COc1ccc(N2CCc3c(-n4ccc(-c5nccs5)n4)cc(C)nc32)c(Cl)c1. The summed E-state index contributed by atoms with van der Waals surface area (Å²) in [6.45, 7) is 2.81. The van der Waals surface area contributed by atoms with Gasteiger partial charge in [0.05, 0.1) is 23.5 Å². The van der Waals surface area contributed by atoms with Crippen LogP contribution in [-0.4, -0.2) is 33.4 Å². The van der Waals surface area contributed by atoms with Crippen LogP contribution in [0.15, 0.2) is 48.1 Å². The highest BCUT2D eigenvalue weighted by Gasteiger charge is 2.27. The van der Waals surface area contributed by atoms with E-state index in [1.165, 1.54) is 0 Å². The number of aromatic nitrogens is 4. The van der Waals surface area contributed by atoms with Gasteiger partial charge in [0, 0.05) is 41.6 Å². The van der Waals surface area contributed by atoms with E-state index in [1.807, 2.05) is 47.4 Å². The second-order valence-electron chi connectivity index (χ2n) is 6.79. The molecule has 0 radical (unpaired) electrons. The summed E-state index contributed by atoms with van der Waals surface area (Å²) in [6.07, 6.45) is 4.64. The Labute approximate surface area is 177 Å². The molecule has 4 aromatic rings. The molecule has 4 heterocycles. The topological polar surface area (TPSA) is 56.1 Å². The van der Waals surface area contributed by atoms with Gasteiger partial charge in [-0.25, -0.2) is 14.6 Å². The number of benzene rings is 1. The van der Waals surface area contributed by atoms with Crippen molar-refractivity contribution in [1.29, 1.82) is 0 Å². The number of hydrogen-bond acceptors (Lipinski definition) is 6. The summed E-state index contributed by atoms with van der Waals surface area (Å²) in [5.74, 6) is 1.67. The summed E-state index contributed by atoms with van der Waals surface area (Å²) in [4.78, 5) is 11.3. The predicted octanol–water partition coefficient (Wildman–Crippen LogP) is 5.06. The molecule has 0 amide bonds. The van der Waals surface area contributed by atoms with Crippen molar-refractivity contribution in [3.05, 3.63) is 64.4 Å². The van der Waals surface area contributed by atoms with E-state index in [2.05, 4.69) is 16.0 Å². The van der Waals surface area contributed by atoms with Crippen molar-refractivity contribution in [3.8, 4) is 22.1 Å². The maximum Gasteiger partial charge on any atom is 0.143 e. The van der Waals surface area contributed by atoms with Gasteiger partial charge in [0.1, 0.15) is 22.3 Å². The number of methoxy groups -OCH3 is 1. The Morgan fingerprint density at radius 1 is 1.17 bits per heavy atom. The maximum absolute atomic E-state index is 6.54. The number of fused-ring (bicyclic) bond motifs is 1. The molecular weight excluding hydrogens is 406 g/mol. The molecule has 1 aromatic carbocycles. The Hall–Kier alpha value is -2.90. The first-order chi connectivity index (χ1) is 14.1. The van der Waals surface area contributed by atoms with Crippen LogP contribution in [-0.2, 0) is 6.42 Å². The summed E-state index contributed by atoms with van der Waals surface area (Å²) in [6, 6.07) is 9.81. The summed E-state index contributed by atoms with van der Waals surface area (Å²) < 4.78 is 7.20. The van der Waals surface area contributed by atoms with Gasteiger partial charge in [-0.05, 0) is 37.6 Å². The molecule has 0 fully saturated rings. The van der Waals surface area contributed by atoms with Gasteiger partial charge in [0.15, 0.2) is 0 Å². The molecule has 0 N–H and O–H groups in total. The fourth-order valence-electron chi connectivity index (χ4n) is 3.65. The van der Waals surface area contributed by atoms with Crippen molar-refractivity contribution < 1.29 is 4.74 Å². The molecule has 0 unspecified atom stereocenters. The Kier molecular flexibility index (Phi) is 4.49. The normalized spacial score (nSPS) is 13.0. The Bertz CT molecular complexity index is 1190. The zero-order valence-electron chi connectivity index (χ0n) is 16.0. The van der Waals surface area contributed by atoms with E-state index in [9.17, 15) is 0 Å². The molecule has 3 aromatic heterocycles. The third-order valence-corrected chi connectivity index (χ3v) is 6.08. The van der Waals surface area contributed by atoms with Crippen LogP contribution in [0, 0.1) is 6.92 Å². The Morgan fingerprint density at radius 2 is 2.07 bits per heavy atom. The first-order valence-corrected chi connectivity index (χ1v) is 10.5. The number of thiazole rings is 1. The van der Waals surface area contributed by atoms with Crippen molar-refractivity contribution in [2.45, 2.75) is 13.3 Å². The fourth-order valence-corrected chi connectivity index (χ4v) is 4.53. The fraction of sp³-hybridized carbons (Fsp3) is 0.190. The average molecular weight is 424 g/mol. The Morgan fingerprint density at radius 3 is 2.83 bits per heavy atom. The molecule has 29 heavy (non-hydrogen) atoms. The quantitative estimate of drug-likeness (QED) is 0.459. The molecular formula is C21H18ClN5OS. The van der Waals surface area contributed by atoms with E-state index in [0.717, 1.165) is 57.9 Å². The van der Waals surface area contributed by atoms with E-state index in [0.29, 0.717) is 5.02 Å². The number of rotatable bonds is 4. The van der Waals surface area contributed by atoms with Gasteiger partial charge in [-0.15, -0.1) is 11.3 Å². The van der Waals surface area contributed by atoms with Crippen molar-refractivity contribution in [1.82, 2.24) is 19.7 Å². The van der Waals surface area contributed by atoms with Crippen LogP contribution in [0.5, 0.6) is 5.75 Å². The number of ether oxygens (including phenoxy) is 1. The molecule has 0 atom stereocenters. The zero-order chi connectivity index (χ0) is 20.0. The Balaban J connectivity index is 1.57. The molecule has 8 heteroatoms. The third kappa shape index (κ3) is 3.16. The van der Waals surface area contributed by atoms with Gasteiger partial charge in [0.2, 0.25) is 0 Å². The molecule has 0 aliphatic carbocycles. The van der Waals surface area contributed by atoms with Gasteiger partial charge in [-0.2, -0.15) is 5.10 Å². The smallest absolute Gasteiger partial charge is 0.143 e. The third-order valence-electron chi connectivity index (χ3n) is 4.98. The van der Waals surface area contributed by atoms with Crippen LogP contribution in [0.2, 0.25) is 5.02 Å². The number of anilines is 2. The first kappa shape index (κ1) is 18.1.